The molecule has 0 aliphatic carbocycles. The Kier molecular flexibility index (Phi) is 4.09. The van der Waals surface area contributed by atoms with E-state index in [0.29, 0.717) is 11.4 Å². The lowest BCUT2D eigenvalue weighted by Gasteiger charge is -2.08. The number of nitrogens with zero attached hydrogens (tertiary/aromatic N) is 3. The van der Waals surface area contributed by atoms with Gasteiger partial charge in [0.25, 0.3) is 11.1 Å². The van der Waals surface area contributed by atoms with E-state index >= 15 is 0 Å². The zero-order valence-corrected chi connectivity index (χ0v) is 14.1. The molecule has 0 spiro atoms. The molecule has 23 heavy (non-hydrogen) atoms. The number of hydrogen-bond donors (Lipinski definition) is 0. The molecule has 118 valence electrons. The number of likely N-dealkylation sites (N-methyl/N-ethyl adjacent to an activating group) is 1. The van der Waals surface area contributed by atoms with Crippen molar-refractivity contribution in [2.75, 3.05) is 6.54 Å². The number of aromatic nitrogens is 2. The molecular weight excluding hydrogens is 310 g/mol. The molecule has 2 amide bonds. The maximum atomic E-state index is 12.2. The number of rotatable bonds is 3. The van der Waals surface area contributed by atoms with Gasteiger partial charge in [0.2, 0.25) is 0 Å². The molecule has 0 radical (unpaired) electrons. The van der Waals surface area contributed by atoms with Crippen LogP contribution >= 0.6 is 11.8 Å². The normalized spacial score (nSPS) is 16.7. The first-order valence-corrected chi connectivity index (χ1v) is 8.19. The Hall–Kier alpha value is -2.34. The minimum Gasteiger partial charge on any atom is -0.316 e. The molecule has 1 saturated heterocycles. The van der Waals surface area contributed by atoms with Gasteiger partial charge < -0.3 is 4.57 Å². The molecule has 6 heteroatoms. The molecule has 1 fully saturated rings. The van der Waals surface area contributed by atoms with Gasteiger partial charge in [0.05, 0.1) is 16.8 Å². The first kappa shape index (κ1) is 15.6. The average molecular weight is 327 g/mol. The highest BCUT2D eigenvalue weighted by Gasteiger charge is 2.33. The Labute approximate surface area is 139 Å². The Bertz CT molecular complexity index is 809. The van der Waals surface area contributed by atoms with Crippen LogP contribution < -0.4 is 0 Å². The van der Waals surface area contributed by atoms with Gasteiger partial charge in [-0.2, -0.15) is 0 Å². The third-order valence-corrected chi connectivity index (χ3v) is 4.76. The second-order valence-electron chi connectivity index (χ2n) is 5.30. The van der Waals surface area contributed by atoms with Crippen LogP contribution in [0.3, 0.4) is 0 Å². The second-order valence-corrected chi connectivity index (χ2v) is 6.29. The second kappa shape index (κ2) is 6.04. The summed E-state index contributed by atoms with van der Waals surface area (Å²) in [4.78, 5) is 29.9. The molecular formula is C17H17N3O2S. The maximum Gasteiger partial charge on any atom is 0.293 e. The fourth-order valence-corrected chi connectivity index (χ4v) is 3.62. The molecule has 2 aromatic heterocycles. The Morgan fingerprint density at radius 2 is 2.09 bits per heavy atom. The van der Waals surface area contributed by atoms with Crippen molar-refractivity contribution in [1.82, 2.24) is 14.5 Å². The largest absolute Gasteiger partial charge is 0.316 e. The Morgan fingerprint density at radius 3 is 2.70 bits per heavy atom. The zero-order chi connectivity index (χ0) is 16.6. The summed E-state index contributed by atoms with van der Waals surface area (Å²) in [7, 11) is 0. The van der Waals surface area contributed by atoms with Crippen molar-refractivity contribution in [3.63, 3.8) is 0 Å². The first-order valence-electron chi connectivity index (χ1n) is 7.37. The highest BCUT2D eigenvalue weighted by Crippen LogP contribution is 2.33. The van der Waals surface area contributed by atoms with Gasteiger partial charge >= 0.3 is 0 Å². The van der Waals surface area contributed by atoms with Gasteiger partial charge in [-0.05, 0) is 62.4 Å². The van der Waals surface area contributed by atoms with Crippen molar-refractivity contribution in [3.8, 4) is 5.69 Å². The van der Waals surface area contributed by atoms with Crippen LogP contribution in [-0.4, -0.2) is 32.1 Å². The topological polar surface area (TPSA) is 55.2 Å². The Morgan fingerprint density at radius 1 is 1.30 bits per heavy atom. The predicted octanol–water partition coefficient (Wildman–Crippen LogP) is 3.55. The molecule has 0 aromatic carbocycles. The summed E-state index contributed by atoms with van der Waals surface area (Å²) in [6.45, 7) is 6.20. The van der Waals surface area contributed by atoms with Crippen LogP contribution in [0.5, 0.6) is 0 Å². The van der Waals surface area contributed by atoms with E-state index in [1.54, 1.807) is 25.4 Å². The number of hydrogen-bond acceptors (Lipinski definition) is 4. The number of amides is 2. The average Bonchev–Trinajstić information content (AvgIpc) is 2.96. The first-order chi connectivity index (χ1) is 11.0. The summed E-state index contributed by atoms with van der Waals surface area (Å²) >= 11 is 0.998. The van der Waals surface area contributed by atoms with Crippen molar-refractivity contribution in [2.24, 2.45) is 0 Å². The fourth-order valence-electron chi connectivity index (χ4n) is 2.73. The van der Waals surface area contributed by atoms with Crippen LogP contribution in [0, 0.1) is 13.8 Å². The molecule has 0 saturated carbocycles. The summed E-state index contributed by atoms with van der Waals surface area (Å²) < 4.78 is 2.09. The van der Waals surface area contributed by atoms with Crippen LogP contribution in [0.4, 0.5) is 4.79 Å². The van der Waals surface area contributed by atoms with Gasteiger partial charge in [0, 0.05) is 24.1 Å². The van der Waals surface area contributed by atoms with E-state index in [1.165, 1.54) is 4.90 Å². The van der Waals surface area contributed by atoms with Crippen LogP contribution in [0.1, 0.15) is 23.9 Å². The van der Waals surface area contributed by atoms with Crippen LogP contribution in [0.25, 0.3) is 11.8 Å². The summed E-state index contributed by atoms with van der Waals surface area (Å²) in [6, 6.07) is 5.89. The van der Waals surface area contributed by atoms with E-state index < -0.39 is 0 Å². The van der Waals surface area contributed by atoms with E-state index in [9.17, 15) is 9.59 Å². The van der Waals surface area contributed by atoms with Crippen molar-refractivity contribution >= 4 is 29.0 Å². The van der Waals surface area contributed by atoms with E-state index in [0.717, 1.165) is 34.4 Å². The quantitative estimate of drug-likeness (QED) is 0.809. The molecule has 0 bridgehead atoms. The number of carbonyl (C=O) groups is 2. The molecule has 0 N–H and O–H groups in total. The smallest absolute Gasteiger partial charge is 0.293 e. The summed E-state index contributed by atoms with van der Waals surface area (Å²) in [6.07, 6.45) is 5.34. The van der Waals surface area contributed by atoms with Gasteiger partial charge in [0.1, 0.15) is 0 Å². The third-order valence-electron chi connectivity index (χ3n) is 3.85. The molecule has 3 heterocycles. The van der Waals surface area contributed by atoms with Crippen molar-refractivity contribution in [3.05, 3.63) is 52.4 Å². The number of aryl methyl sites for hydroxylation is 1. The van der Waals surface area contributed by atoms with Gasteiger partial charge in [-0.15, -0.1) is 0 Å². The van der Waals surface area contributed by atoms with E-state index in [4.69, 9.17) is 0 Å². The SMILES string of the molecule is CCN1C(=O)S/C(=C\c2cc(C)n(-c3cccnc3)c2C)C1=O. The van der Waals surface area contributed by atoms with Crippen LogP contribution in [0.2, 0.25) is 0 Å². The van der Waals surface area contributed by atoms with E-state index in [2.05, 4.69) is 9.55 Å². The van der Waals surface area contributed by atoms with Gasteiger partial charge in [-0.25, -0.2) is 0 Å². The lowest BCUT2D eigenvalue weighted by Crippen LogP contribution is -2.27. The zero-order valence-electron chi connectivity index (χ0n) is 13.2. The standard InChI is InChI=1S/C17H17N3O2S/c1-4-19-16(21)15(23-17(19)22)9-13-8-11(2)20(12(13)3)14-6-5-7-18-10-14/h5-10H,4H2,1-3H3/b15-9-. The van der Waals surface area contributed by atoms with E-state index in [-0.39, 0.29) is 11.1 Å². The third kappa shape index (κ3) is 2.70. The summed E-state index contributed by atoms with van der Waals surface area (Å²) in [5.41, 5.74) is 3.98. The highest BCUT2D eigenvalue weighted by molar-refractivity contribution is 8.18. The molecule has 0 unspecified atom stereocenters. The molecule has 2 aromatic rings. The molecule has 0 atom stereocenters. The number of thioether (sulfide) groups is 1. The highest BCUT2D eigenvalue weighted by atomic mass is 32.2. The number of imide groups is 1. The van der Waals surface area contributed by atoms with E-state index in [1.807, 2.05) is 32.0 Å². The summed E-state index contributed by atoms with van der Waals surface area (Å²) in [5.74, 6) is -0.214. The maximum absolute atomic E-state index is 12.2. The molecule has 3 rings (SSSR count). The molecule has 1 aliphatic heterocycles. The number of carbonyl (C=O) groups excluding carboxylic acids is 2. The summed E-state index contributed by atoms with van der Waals surface area (Å²) in [5, 5.41) is -0.204. The minimum atomic E-state index is -0.214. The molecule has 5 nitrogen and oxygen atoms in total. The predicted molar refractivity (Wildman–Crippen MR) is 91.4 cm³/mol. The van der Waals surface area contributed by atoms with Crippen molar-refractivity contribution in [2.45, 2.75) is 20.8 Å². The molecule has 1 aliphatic rings. The Balaban J connectivity index is 2.02. The number of pyridine rings is 1. The van der Waals surface area contributed by atoms with Gasteiger partial charge in [-0.3, -0.25) is 19.5 Å². The van der Waals surface area contributed by atoms with Crippen LogP contribution in [0.15, 0.2) is 35.5 Å². The van der Waals surface area contributed by atoms with Gasteiger partial charge in [0.15, 0.2) is 0 Å². The van der Waals surface area contributed by atoms with Crippen LogP contribution in [-0.2, 0) is 4.79 Å². The monoisotopic (exact) mass is 327 g/mol. The lowest BCUT2D eigenvalue weighted by molar-refractivity contribution is -0.122. The van der Waals surface area contributed by atoms with Crippen molar-refractivity contribution < 1.29 is 9.59 Å². The van der Waals surface area contributed by atoms with Crippen molar-refractivity contribution in [1.29, 1.82) is 0 Å². The lowest BCUT2D eigenvalue weighted by atomic mass is 10.2. The minimum absolute atomic E-state index is 0.204. The van der Waals surface area contributed by atoms with Gasteiger partial charge in [-0.1, -0.05) is 0 Å². The fraction of sp³-hybridized carbons (Fsp3) is 0.235.